The highest BCUT2D eigenvalue weighted by atomic mass is 79.9. The van der Waals surface area contributed by atoms with Crippen molar-refractivity contribution in [3.05, 3.63) is 52.5 Å². The van der Waals surface area contributed by atoms with Gasteiger partial charge in [-0.1, -0.05) is 28.1 Å². The number of aliphatic imine (C=N–C) groups is 1. The predicted octanol–water partition coefficient (Wildman–Crippen LogP) is 3.58. The van der Waals surface area contributed by atoms with Crippen LogP contribution < -0.4 is 20.5 Å². The highest BCUT2D eigenvalue weighted by Crippen LogP contribution is 2.32. The van der Waals surface area contributed by atoms with Crippen LogP contribution in [0, 0.1) is 0 Å². The van der Waals surface area contributed by atoms with Crippen molar-refractivity contribution in [2.45, 2.75) is 12.8 Å². The van der Waals surface area contributed by atoms with E-state index in [1.165, 1.54) is 5.56 Å². The minimum absolute atomic E-state index is 0.390. The van der Waals surface area contributed by atoms with Crippen molar-refractivity contribution in [3.8, 4) is 11.5 Å². The lowest BCUT2D eigenvalue weighted by Gasteiger charge is -2.10. The number of nitrogens with zero attached hydrogens (tertiary/aromatic N) is 1. The van der Waals surface area contributed by atoms with E-state index >= 15 is 0 Å². The molecule has 24 heavy (non-hydrogen) atoms. The summed E-state index contributed by atoms with van der Waals surface area (Å²) in [5, 5.41) is 3.09. The van der Waals surface area contributed by atoms with Crippen LogP contribution >= 0.6 is 15.9 Å². The molecule has 0 saturated carbocycles. The first-order valence-corrected chi connectivity index (χ1v) is 8.71. The van der Waals surface area contributed by atoms with Crippen molar-refractivity contribution in [1.82, 2.24) is 0 Å². The number of rotatable bonds is 4. The molecule has 2 aromatic rings. The second-order valence-electron chi connectivity index (χ2n) is 5.48. The van der Waals surface area contributed by atoms with E-state index in [4.69, 9.17) is 15.2 Å². The first-order chi connectivity index (χ1) is 11.7. The van der Waals surface area contributed by atoms with Crippen molar-refractivity contribution < 1.29 is 9.47 Å². The van der Waals surface area contributed by atoms with Gasteiger partial charge in [-0.2, -0.15) is 0 Å². The standard InChI is InChI=1S/C18H20BrN3O2/c19-14-4-2-13(3-5-14)8-9-21-18(20)22-15-6-7-16-17(12-15)24-11-1-10-23-16/h2-7,12H,1,8-11H2,(H3,20,21,22). The van der Waals surface area contributed by atoms with Crippen molar-refractivity contribution in [3.63, 3.8) is 0 Å². The van der Waals surface area contributed by atoms with Gasteiger partial charge in [0.05, 0.1) is 13.2 Å². The molecule has 6 heteroatoms. The van der Waals surface area contributed by atoms with Gasteiger partial charge in [-0.05, 0) is 36.2 Å². The first kappa shape index (κ1) is 16.6. The number of anilines is 1. The summed E-state index contributed by atoms with van der Waals surface area (Å²) in [5.41, 5.74) is 8.02. The van der Waals surface area contributed by atoms with Gasteiger partial charge in [0.2, 0.25) is 0 Å². The van der Waals surface area contributed by atoms with Crippen LogP contribution in [-0.4, -0.2) is 25.7 Å². The van der Waals surface area contributed by atoms with Gasteiger partial charge in [0, 0.05) is 29.2 Å². The molecule has 1 aliphatic rings. The Morgan fingerprint density at radius 3 is 2.62 bits per heavy atom. The fourth-order valence-corrected chi connectivity index (χ4v) is 2.65. The van der Waals surface area contributed by atoms with Gasteiger partial charge in [-0.15, -0.1) is 0 Å². The molecule has 0 aliphatic carbocycles. The van der Waals surface area contributed by atoms with Crippen molar-refractivity contribution in [1.29, 1.82) is 0 Å². The smallest absolute Gasteiger partial charge is 0.193 e. The average Bonchev–Trinajstić information content (AvgIpc) is 2.81. The van der Waals surface area contributed by atoms with E-state index in [1.54, 1.807) is 0 Å². The molecule has 0 amide bonds. The van der Waals surface area contributed by atoms with Gasteiger partial charge in [-0.25, -0.2) is 0 Å². The van der Waals surface area contributed by atoms with Gasteiger partial charge >= 0.3 is 0 Å². The quantitative estimate of drug-likeness (QED) is 0.619. The van der Waals surface area contributed by atoms with Crippen molar-refractivity contribution in [2.24, 2.45) is 10.7 Å². The van der Waals surface area contributed by atoms with Crippen molar-refractivity contribution in [2.75, 3.05) is 25.1 Å². The molecule has 1 aliphatic heterocycles. The normalized spacial score (nSPS) is 14.1. The third-order valence-electron chi connectivity index (χ3n) is 3.62. The lowest BCUT2D eigenvalue weighted by Crippen LogP contribution is -2.23. The molecule has 0 saturated heterocycles. The summed E-state index contributed by atoms with van der Waals surface area (Å²) in [4.78, 5) is 4.37. The van der Waals surface area contributed by atoms with Gasteiger partial charge in [0.15, 0.2) is 17.5 Å². The van der Waals surface area contributed by atoms with Crippen LogP contribution in [0.3, 0.4) is 0 Å². The molecule has 0 atom stereocenters. The predicted molar refractivity (Wildman–Crippen MR) is 100 cm³/mol. The molecule has 3 rings (SSSR count). The summed E-state index contributed by atoms with van der Waals surface area (Å²) < 4.78 is 12.4. The molecule has 0 radical (unpaired) electrons. The second-order valence-corrected chi connectivity index (χ2v) is 6.40. The maximum atomic E-state index is 5.96. The molecule has 3 N–H and O–H groups in total. The summed E-state index contributed by atoms with van der Waals surface area (Å²) in [5.74, 6) is 1.89. The molecular formula is C18H20BrN3O2. The number of hydrogen-bond donors (Lipinski definition) is 2. The highest BCUT2D eigenvalue weighted by molar-refractivity contribution is 9.10. The minimum atomic E-state index is 0.390. The summed E-state index contributed by atoms with van der Waals surface area (Å²) >= 11 is 3.43. The molecule has 0 fully saturated rings. The fourth-order valence-electron chi connectivity index (χ4n) is 2.38. The third kappa shape index (κ3) is 4.64. The summed E-state index contributed by atoms with van der Waals surface area (Å²) in [6, 6.07) is 13.9. The zero-order chi connectivity index (χ0) is 16.8. The zero-order valence-corrected chi connectivity index (χ0v) is 14.9. The Kier molecular flexibility index (Phi) is 5.59. The largest absolute Gasteiger partial charge is 0.490 e. The van der Waals surface area contributed by atoms with Crippen LogP contribution in [0.15, 0.2) is 51.9 Å². The van der Waals surface area contributed by atoms with Gasteiger partial charge < -0.3 is 20.5 Å². The SMILES string of the molecule is NC(=NCCc1ccc(Br)cc1)Nc1ccc2c(c1)OCCCO2. The molecular weight excluding hydrogens is 370 g/mol. The fraction of sp³-hybridized carbons (Fsp3) is 0.278. The second kappa shape index (κ2) is 8.06. The first-order valence-electron chi connectivity index (χ1n) is 7.92. The van der Waals surface area contributed by atoms with Crippen molar-refractivity contribution >= 4 is 27.6 Å². The van der Waals surface area contributed by atoms with Crippen LogP contribution in [0.1, 0.15) is 12.0 Å². The highest BCUT2D eigenvalue weighted by Gasteiger charge is 2.10. The maximum absolute atomic E-state index is 5.96. The van der Waals surface area contributed by atoms with E-state index in [0.717, 1.165) is 34.5 Å². The Morgan fingerprint density at radius 1 is 1.08 bits per heavy atom. The number of hydrogen-bond acceptors (Lipinski definition) is 3. The number of fused-ring (bicyclic) bond motifs is 1. The molecule has 126 valence electrons. The van der Waals surface area contributed by atoms with E-state index in [0.29, 0.717) is 25.7 Å². The Balaban J connectivity index is 1.56. The lowest BCUT2D eigenvalue weighted by molar-refractivity contribution is 0.297. The summed E-state index contributed by atoms with van der Waals surface area (Å²) in [6.45, 7) is 1.97. The molecule has 0 bridgehead atoms. The molecule has 1 heterocycles. The topological polar surface area (TPSA) is 68.9 Å². The average molecular weight is 390 g/mol. The number of halogens is 1. The number of nitrogens with one attached hydrogen (secondary N) is 1. The van der Waals surface area contributed by atoms with Crippen LogP contribution in [0.5, 0.6) is 11.5 Å². The maximum Gasteiger partial charge on any atom is 0.193 e. The van der Waals surface area contributed by atoms with E-state index in [1.807, 2.05) is 30.3 Å². The number of nitrogens with two attached hydrogens (primary N) is 1. The van der Waals surface area contributed by atoms with Gasteiger partial charge in [0.1, 0.15) is 0 Å². The number of benzene rings is 2. The Bertz CT molecular complexity index is 717. The molecule has 0 spiro atoms. The third-order valence-corrected chi connectivity index (χ3v) is 4.14. The Hall–Kier alpha value is -2.21. The molecule has 0 aromatic heterocycles. The zero-order valence-electron chi connectivity index (χ0n) is 13.3. The Labute approximate surface area is 150 Å². The van der Waals surface area contributed by atoms with E-state index in [9.17, 15) is 0 Å². The van der Waals surface area contributed by atoms with E-state index in [-0.39, 0.29) is 0 Å². The molecule has 0 unspecified atom stereocenters. The van der Waals surface area contributed by atoms with E-state index < -0.39 is 0 Å². The van der Waals surface area contributed by atoms with Gasteiger partial charge in [0.25, 0.3) is 0 Å². The summed E-state index contributed by atoms with van der Waals surface area (Å²) in [6.07, 6.45) is 1.73. The van der Waals surface area contributed by atoms with Gasteiger partial charge in [-0.3, -0.25) is 4.99 Å². The van der Waals surface area contributed by atoms with E-state index in [2.05, 4.69) is 38.4 Å². The van der Waals surface area contributed by atoms with Crippen LogP contribution in [0.2, 0.25) is 0 Å². The Morgan fingerprint density at radius 2 is 1.83 bits per heavy atom. The molecule has 2 aromatic carbocycles. The number of guanidine groups is 1. The van der Waals surface area contributed by atoms with Crippen LogP contribution in [0.4, 0.5) is 5.69 Å². The summed E-state index contributed by atoms with van der Waals surface area (Å²) in [7, 11) is 0. The lowest BCUT2D eigenvalue weighted by atomic mass is 10.2. The number of ether oxygens (including phenoxy) is 2. The van der Waals surface area contributed by atoms with Crippen LogP contribution in [-0.2, 0) is 6.42 Å². The minimum Gasteiger partial charge on any atom is -0.490 e. The monoisotopic (exact) mass is 389 g/mol. The van der Waals surface area contributed by atoms with Crippen LogP contribution in [0.25, 0.3) is 0 Å². The molecule has 5 nitrogen and oxygen atoms in total.